The third-order valence-electron chi connectivity index (χ3n) is 7.63. The molecule has 5 rings (SSSR count). The molecule has 2 aliphatic carbocycles. The Morgan fingerprint density at radius 1 is 1.07 bits per heavy atom. The number of hydrogen-bond acceptors (Lipinski definition) is 3. The van der Waals surface area contributed by atoms with E-state index in [1.165, 1.54) is 35.4 Å². The number of nitrogens with one attached hydrogen (secondary N) is 2. The maximum absolute atomic E-state index is 4.96. The molecule has 5 heteroatoms. The molecule has 0 aromatic carbocycles. The molecule has 2 bridgehead atoms. The van der Waals surface area contributed by atoms with Crippen LogP contribution in [0.3, 0.4) is 0 Å². The zero-order valence-electron chi connectivity index (χ0n) is 16.8. The SMILES string of the molecule is CCc1[nH]nc(-c2cccc(-c3n[nH]c4c3C3CCC4(C)C3(C)C)n2)c1C. The van der Waals surface area contributed by atoms with Gasteiger partial charge in [-0.25, -0.2) is 4.98 Å². The van der Waals surface area contributed by atoms with E-state index in [4.69, 9.17) is 10.1 Å². The summed E-state index contributed by atoms with van der Waals surface area (Å²) in [4.78, 5) is 4.96. The Morgan fingerprint density at radius 3 is 2.48 bits per heavy atom. The van der Waals surface area contributed by atoms with Crippen LogP contribution in [-0.4, -0.2) is 25.4 Å². The van der Waals surface area contributed by atoms with Crippen molar-refractivity contribution in [3.63, 3.8) is 0 Å². The normalized spacial score (nSPS) is 25.1. The zero-order chi connectivity index (χ0) is 19.0. The van der Waals surface area contributed by atoms with E-state index in [9.17, 15) is 0 Å². The smallest absolute Gasteiger partial charge is 0.114 e. The highest BCUT2D eigenvalue weighted by Crippen LogP contribution is 2.68. The van der Waals surface area contributed by atoms with Crippen LogP contribution in [0.4, 0.5) is 0 Å². The maximum atomic E-state index is 4.96. The third-order valence-corrected chi connectivity index (χ3v) is 7.63. The van der Waals surface area contributed by atoms with Gasteiger partial charge in [-0.05, 0) is 55.2 Å². The summed E-state index contributed by atoms with van der Waals surface area (Å²) in [5.41, 5.74) is 9.34. The number of pyridine rings is 1. The van der Waals surface area contributed by atoms with Crippen LogP contribution >= 0.6 is 0 Å². The fraction of sp³-hybridized carbons (Fsp3) is 0.500. The van der Waals surface area contributed by atoms with Gasteiger partial charge < -0.3 is 0 Å². The minimum atomic E-state index is 0.185. The Hall–Kier alpha value is -2.43. The number of aromatic nitrogens is 5. The van der Waals surface area contributed by atoms with Gasteiger partial charge in [-0.15, -0.1) is 0 Å². The average molecular weight is 361 g/mol. The van der Waals surface area contributed by atoms with Gasteiger partial charge in [0.1, 0.15) is 11.4 Å². The third kappa shape index (κ3) is 1.97. The minimum Gasteiger partial charge on any atom is -0.282 e. The Balaban J connectivity index is 1.62. The summed E-state index contributed by atoms with van der Waals surface area (Å²) in [6, 6.07) is 6.18. The molecule has 0 amide bonds. The number of rotatable bonds is 3. The highest BCUT2D eigenvalue weighted by molar-refractivity contribution is 5.69. The number of fused-ring (bicyclic) bond motifs is 5. The molecule has 3 aromatic rings. The number of hydrogen-bond donors (Lipinski definition) is 2. The Labute approximate surface area is 160 Å². The van der Waals surface area contributed by atoms with Crippen molar-refractivity contribution < 1.29 is 0 Å². The van der Waals surface area contributed by atoms with Crippen molar-refractivity contribution in [2.75, 3.05) is 0 Å². The van der Waals surface area contributed by atoms with Crippen molar-refractivity contribution in [2.45, 2.75) is 65.2 Å². The minimum absolute atomic E-state index is 0.185. The molecule has 1 saturated carbocycles. The van der Waals surface area contributed by atoms with Crippen LogP contribution in [0.2, 0.25) is 0 Å². The van der Waals surface area contributed by atoms with Crippen LogP contribution in [0.5, 0.6) is 0 Å². The molecule has 0 aliphatic heterocycles. The molecule has 2 unspecified atom stereocenters. The second-order valence-electron chi connectivity index (χ2n) is 8.94. The molecule has 1 fully saturated rings. The summed E-state index contributed by atoms with van der Waals surface area (Å²) in [6.07, 6.45) is 3.42. The van der Waals surface area contributed by atoms with Gasteiger partial charge in [0, 0.05) is 22.4 Å². The van der Waals surface area contributed by atoms with E-state index >= 15 is 0 Å². The van der Waals surface area contributed by atoms with E-state index in [-0.39, 0.29) is 10.8 Å². The van der Waals surface area contributed by atoms with Crippen LogP contribution in [0, 0.1) is 12.3 Å². The summed E-state index contributed by atoms with van der Waals surface area (Å²) >= 11 is 0. The monoisotopic (exact) mass is 361 g/mol. The van der Waals surface area contributed by atoms with Gasteiger partial charge in [-0.2, -0.15) is 10.2 Å². The topological polar surface area (TPSA) is 70.2 Å². The largest absolute Gasteiger partial charge is 0.282 e. The van der Waals surface area contributed by atoms with Gasteiger partial charge in [0.15, 0.2) is 0 Å². The van der Waals surface area contributed by atoms with E-state index in [0.29, 0.717) is 5.92 Å². The summed E-state index contributed by atoms with van der Waals surface area (Å²) in [6.45, 7) is 11.5. The summed E-state index contributed by atoms with van der Waals surface area (Å²) in [7, 11) is 0. The lowest BCUT2D eigenvalue weighted by molar-refractivity contribution is 0.225. The van der Waals surface area contributed by atoms with Gasteiger partial charge >= 0.3 is 0 Å². The van der Waals surface area contributed by atoms with E-state index in [0.717, 1.165) is 29.2 Å². The summed E-state index contributed by atoms with van der Waals surface area (Å²) < 4.78 is 0. The molecule has 2 aliphatic rings. The molecule has 0 spiro atoms. The highest BCUT2D eigenvalue weighted by atomic mass is 15.2. The molecule has 3 aromatic heterocycles. The number of aryl methyl sites for hydroxylation is 1. The van der Waals surface area contributed by atoms with Gasteiger partial charge in [0.25, 0.3) is 0 Å². The summed E-state index contributed by atoms with van der Waals surface area (Å²) in [5, 5.41) is 15.8. The fourth-order valence-corrected chi connectivity index (χ4v) is 5.48. The summed E-state index contributed by atoms with van der Waals surface area (Å²) in [5.74, 6) is 0.551. The Bertz CT molecular complexity index is 1040. The first-order valence-corrected chi connectivity index (χ1v) is 9.99. The van der Waals surface area contributed by atoms with Crippen molar-refractivity contribution in [3.05, 3.63) is 40.7 Å². The maximum Gasteiger partial charge on any atom is 0.114 e. The molecule has 3 heterocycles. The molecule has 0 radical (unpaired) electrons. The van der Waals surface area contributed by atoms with Crippen LogP contribution in [0.1, 0.15) is 69.0 Å². The molecule has 2 atom stereocenters. The van der Waals surface area contributed by atoms with Crippen LogP contribution in [0.15, 0.2) is 18.2 Å². The fourth-order valence-electron chi connectivity index (χ4n) is 5.48. The Morgan fingerprint density at radius 2 is 1.78 bits per heavy atom. The van der Waals surface area contributed by atoms with Crippen molar-refractivity contribution in [1.82, 2.24) is 25.4 Å². The van der Waals surface area contributed by atoms with Gasteiger partial charge in [0.2, 0.25) is 0 Å². The number of aromatic amines is 2. The first-order valence-electron chi connectivity index (χ1n) is 9.99. The number of nitrogens with zero attached hydrogens (tertiary/aromatic N) is 3. The zero-order valence-corrected chi connectivity index (χ0v) is 16.8. The van der Waals surface area contributed by atoms with E-state index in [2.05, 4.69) is 62.0 Å². The standard InChI is InChI=1S/C22H27N5/c1-6-14-12(2)18(25-24-14)15-8-7-9-16(23-15)19-17-13-10-11-22(5,21(13,3)4)20(17)27-26-19/h7-9,13H,6,10-11H2,1-5H3,(H,24,25)(H,26,27). The van der Waals surface area contributed by atoms with Gasteiger partial charge in [-0.3, -0.25) is 10.2 Å². The molecule has 27 heavy (non-hydrogen) atoms. The molecule has 2 N–H and O–H groups in total. The van der Waals surface area contributed by atoms with Crippen LogP contribution in [0.25, 0.3) is 22.8 Å². The van der Waals surface area contributed by atoms with E-state index in [1.807, 2.05) is 6.07 Å². The molecular formula is C22H27N5. The van der Waals surface area contributed by atoms with Crippen LogP contribution < -0.4 is 0 Å². The molecular weight excluding hydrogens is 334 g/mol. The van der Waals surface area contributed by atoms with Crippen LogP contribution in [-0.2, 0) is 11.8 Å². The molecule has 5 nitrogen and oxygen atoms in total. The molecule has 140 valence electrons. The number of H-pyrrole nitrogens is 2. The predicted octanol–water partition coefficient (Wildman–Crippen LogP) is 4.91. The first kappa shape index (κ1) is 16.7. The van der Waals surface area contributed by atoms with E-state index < -0.39 is 0 Å². The molecule has 0 saturated heterocycles. The first-order chi connectivity index (χ1) is 12.9. The van der Waals surface area contributed by atoms with Crippen molar-refractivity contribution in [3.8, 4) is 22.8 Å². The van der Waals surface area contributed by atoms with Gasteiger partial charge in [-0.1, -0.05) is 33.8 Å². The quantitative estimate of drug-likeness (QED) is 0.696. The highest BCUT2D eigenvalue weighted by Gasteiger charge is 2.61. The van der Waals surface area contributed by atoms with Crippen molar-refractivity contribution in [1.29, 1.82) is 0 Å². The Kier molecular flexibility index (Phi) is 3.29. The lowest BCUT2D eigenvalue weighted by Gasteiger charge is -2.34. The van der Waals surface area contributed by atoms with Gasteiger partial charge in [0.05, 0.1) is 11.4 Å². The second kappa shape index (κ2) is 5.31. The average Bonchev–Trinajstić information content (AvgIpc) is 3.34. The lowest BCUT2D eigenvalue weighted by Crippen LogP contribution is -2.32. The second-order valence-corrected chi connectivity index (χ2v) is 8.94. The predicted molar refractivity (Wildman–Crippen MR) is 107 cm³/mol. The van der Waals surface area contributed by atoms with Crippen molar-refractivity contribution >= 4 is 0 Å². The lowest BCUT2D eigenvalue weighted by atomic mass is 9.70. The van der Waals surface area contributed by atoms with E-state index in [1.54, 1.807) is 0 Å². The van der Waals surface area contributed by atoms with Crippen molar-refractivity contribution in [2.24, 2.45) is 5.41 Å².